The van der Waals surface area contributed by atoms with Gasteiger partial charge in [-0.05, 0) is 36.8 Å². The summed E-state index contributed by atoms with van der Waals surface area (Å²) in [5, 5.41) is 9.12. The molecule has 0 unspecified atom stereocenters. The van der Waals surface area contributed by atoms with Crippen molar-refractivity contribution in [1.29, 1.82) is 0 Å². The zero-order chi connectivity index (χ0) is 14.0. The molecule has 2 aromatic rings. The van der Waals surface area contributed by atoms with Crippen LogP contribution in [0.4, 0.5) is 4.39 Å². The monoisotopic (exact) mass is 324 g/mol. The van der Waals surface area contributed by atoms with E-state index >= 15 is 0 Å². The van der Waals surface area contributed by atoms with Crippen LogP contribution in [0.5, 0.6) is 11.5 Å². The van der Waals surface area contributed by atoms with Crippen molar-refractivity contribution in [3.8, 4) is 11.5 Å². The van der Waals surface area contributed by atoms with Crippen LogP contribution in [0.25, 0.3) is 0 Å². The summed E-state index contributed by atoms with van der Waals surface area (Å²) in [5.41, 5.74) is 0.735. The molecule has 5 heteroatoms. The van der Waals surface area contributed by atoms with Crippen LogP contribution < -0.4 is 4.74 Å². The highest BCUT2D eigenvalue weighted by Gasteiger charge is 2.13. The van der Waals surface area contributed by atoms with E-state index < -0.39 is 11.8 Å². The van der Waals surface area contributed by atoms with Crippen LogP contribution in [0.15, 0.2) is 40.9 Å². The number of hydrogen-bond donors (Lipinski definition) is 1. The Morgan fingerprint density at radius 2 is 1.95 bits per heavy atom. The molecular formula is C14H10BrFO3. The summed E-state index contributed by atoms with van der Waals surface area (Å²) in [5.74, 6) is -1.07. The Labute approximate surface area is 117 Å². The lowest BCUT2D eigenvalue weighted by Gasteiger charge is -2.11. The van der Waals surface area contributed by atoms with E-state index in [1.54, 1.807) is 19.1 Å². The van der Waals surface area contributed by atoms with Crippen molar-refractivity contribution < 1.29 is 19.0 Å². The second-order valence-electron chi connectivity index (χ2n) is 3.96. The predicted octanol–water partition coefficient (Wildman–Crippen LogP) is 4.39. The maximum Gasteiger partial charge on any atom is 0.339 e. The van der Waals surface area contributed by atoms with Crippen LogP contribution in [-0.4, -0.2) is 11.1 Å². The molecule has 0 atom stereocenters. The quantitative estimate of drug-likeness (QED) is 0.910. The fourth-order valence-electron chi connectivity index (χ4n) is 1.56. The minimum atomic E-state index is -1.11. The lowest BCUT2D eigenvalue weighted by atomic mass is 10.2. The molecule has 0 aliphatic rings. The summed E-state index contributed by atoms with van der Waals surface area (Å²) in [6, 6.07) is 8.75. The fourth-order valence-corrected chi connectivity index (χ4v) is 1.92. The minimum Gasteiger partial charge on any atom is -0.478 e. The highest BCUT2D eigenvalue weighted by Crippen LogP contribution is 2.30. The Bertz CT molecular complexity index is 641. The van der Waals surface area contributed by atoms with Crippen LogP contribution in [0.3, 0.4) is 0 Å². The van der Waals surface area contributed by atoms with Crippen LogP contribution in [-0.2, 0) is 0 Å². The summed E-state index contributed by atoms with van der Waals surface area (Å²) in [7, 11) is 0. The standard InChI is InChI=1S/C14H10BrFO3/c1-8-2-4-10(16)7-13(8)19-12-5-3-9(15)6-11(12)14(17)18/h2-7H,1H3,(H,17,18). The van der Waals surface area contributed by atoms with Crippen LogP contribution >= 0.6 is 15.9 Å². The van der Waals surface area contributed by atoms with Crippen molar-refractivity contribution in [2.45, 2.75) is 6.92 Å². The molecule has 3 nitrogen and oxygen atoms in total. The van der Waals surface area contributed by atoms with Crippen molar-refractivity contribution >= 4 is 21.9 Å². The molecule has 0 aliphatic heterocycles. The van der Waals surface area contributed by atoms with Gasteiger partial charge in [0.05, 0.1) is 0 Å². The number of aromatic carboxylic acids is 1. The Kier molecular flexibility index (Phi) is 3.85. The van der Waals surface area contributed by atoms with Gasteiger partial charge in [-0.15, -0.1) is 0 Å². The summed E-state index contributed by atoms with van der Waals surface area (Å²) >= 11 is 3.20. The van der Waals surface area contributed by atoms with Gasteiger partial charge in [0.15, 0.2) is 0 Å². The van der Waals surface area contributed by atoms with Gasteiger partial charge < -0.3 is 9.84 Å². The van der Waals surface area contributed by atoms with Crippen molar-refractivity contribution in [1.82, 2.24) is 0 Å². The number of hydrogen-bond acceptors (Lipinski definition) is 2. The zero-order valence-electron chi connectivity index (χ0n) is 9.98. The Balaban J connectivity index is 2.43. The van der Waals surface area contributed by atoms with E-state index in [-0.39, 0.29) is 11.3 Å². The Morgan fingerprint density at radius 3 is 2.63 bits per heavy atom. The number of benzene rings is 2. The third-order valence-electron chi connectivity index (χ3n) is 2.54. The minimum absolute atomic E-state index is 0.0121. The molecule has 0 saturated carbocycles. The first-order valence-corrected chi connectivity index (χ1v) is 6.23. The lowest BCUT2D eigenvalue weighted by molar-refractivity contribution is 0.0694. The molecule has 0 saturated heterocycles. The molecule has 0 spiro atoms. The zero-order valence-corrected chi connectivity index (χ0v) is 11.6. The van der Waals surface area contributed by atoms with Crippen molar-refractivity contribution in [3.63, 3.8) is 0 Å². The second-order valence-corrected chi connectivity index (χ2v) is 4.87. The first kappa shape index (κ1) is 13.5. The molecule has 2 rings (SSSR count). The van der Waals surface area contributed by atoms with Crippen LogP contribution in [0.1, 0.15) is 15.9 Å². The van der Waals surface area contributed by atoms with E-state index in [0.717, 1.165) is 5.56 Å². The van der Waals surface area contributed by atoms with Gasteiger partial charge >= 0.3 is 5.97 Å². The molecule has 0 heterocycles. The number of aryl methyl sites for hydroxylation is 1. The third kappa shape index (κ3) is 3.12. The van der Waals surface area contributed by atoms with Gasteiger partial charge in [0.1, 0.15) is 22.9 Å². The van der Waals surface area contributed by atoms with Crippen LogP contribution in [0, 0.1) is 12.7 Å². The summed E-state index contributed by atoms with van der Waals surface area (Å²) in [6.07, 6.45) is 0. The maximum atomic E-state index is 13.2. The van der Waals surface area contributed by atoms with E-state index in [1.165, 1.54) is 24.3 Å². The predicted molar refractivity (Wildman–Crippen MR) is 72.3 cm³/mol. The number of carbonyl (C=O) groups is 1. The number of carboxylic acid groups (broad SMARTS) is 1. The van der Waals surface area contributed by atoms with Gasteiger partial charge in [-0.25, -0.2) is 9.18 Å². The molecule has 2 aromatic carbocycles. The molecule has 0 radical (unpaired) electrons. The van der Waals surface area contributed by atoms with E-state index in [4.69, 9.17) is 9.84 Å². The number of halogens is 2. The van der Waals surface area contributed by atoms with Crippen molar-refractivity contribution in [2.24, 2.45) is 0 Å². The van der Waals surface area contributed by atoms with Crippen molar-refractivity contribution in [3.05, 3.63) is 57.8 Å². The molecule has 0 bridgehead atoms. The molecule has 1 N–H and O–H groups in total. The van der Waals surface area contributed by atoms with Gasteiger partial charge in [-0.2, -0.15) is 0 Å². The lowest BCUT2D eigenvalue weighted by Crippen LogP contribution is -2.00. The molecule has 19 heavy (non-hydrogen) atoms. The Morgan fingerprint density at radius 1 is 1.21 bits per heavy atom. The largest absolute Gasteiger partial charge is 0.478 e. The molecule has 0 aliphatic carbocycles. The molecular weight excluding hydrogens is 315 g/mol. The van der Waals surface area contributed by atoms with Crippen LogP contribution in [0.2, 0.25) is 0 Å². The molecule has 0 aromatic heterocycles. The van der Waals surface area contributed by atoms with Gasteiger partial charge in [0.2, 0.25) is 0 Å². The molecule has 98 valence electrons. The SMILES string of the molecule is Cc1ccc(F)cc1Oc1ccc(Br)cc1C(=O)O. The first-order valence-electron chi connectivity index (χ1n) is 5.44. The molecule has 0 amide bonds. The van der Waals surface area contributed by atoms with Crippen molar-refractivity contribution in [2.75, 3.05) is 0 Å². The second kappa shape index (κ2) is 5.40. The topological polar surface area (TPSA) is 46.5 Å². The maximum absolute atomic E-state index is 13.2. The van der Waals surface area contributed by atoms with E-state index in [2.05, 4.69) is 15.9 Å². The highest BCUT2D eigenvalue weighted by atomic mass is 79.9. The van der Waals surface area contributed by atoms with E-state index in [0.29, 0.717) is 10.2 Å². The smallest absolute Gasteiger partial charge is 0.339 e. The van der Waals surface area contributed by atoms with Gasteiger partial charge in [-0.3, -0.25) is 0 Å². The third-order valence-corrected chi connectivity index (χ3v) is 3.04. The number of rotatable bonds is 3. The summed E-state index contributed by atoms with van der Waals surface area (Å²) in [6.45, 7) is 1.76. The van der Waals surface area contributed by atoms with Gasteiger partial charge in [-0.1, -0.05) is 22.0 Å². The van der Waals surface area contributed by atoms with Gasteiger partial charge in [0.25, 0.3) is 0 Å². The number of carboxylic acids is 1. The highest BCUT2D eigenvalue weighted by molar-refractivity contribution is 9.10. The first-order chi connectivity index (χ1) is 8.97. The van der Waals surface area contributed by atoms with E-state index in [1.807, 2.05) is 0 Å². The van der Waals surface area contributed by atoms with Gasteiger partial charge in [0, 0.05) is 10.5 Å². The van der Waals surface area contributed by atoms with E-state index in [9.17, 15) is 9.18 Å². The average Bonchev–Trinajstić information content (AvgIpc) is 2.35. The summed E-state index contributed by atoms with van der Waals surface area (Å²) in [4.78, 5) is 11.1. The summed E-state index contributed by atoms with van der Waals surface area (Å²) < 4.78 is 19.3. The number of ether oxygens (including phenoxy) is 1. The average molecular weight is 325 g/mol. The Hall–Kier alpha value is -1.88. The molecule has 0 fully saturated rings. The fraction of sp³-hybridized carbons (Fsp3) is 0.0714. The normalized spacial score (nSPS) is 10.3.